The van der Waals surface area contributed by atoms with Crippen LogP contribution in [-0.2, 0) is 9.47 Å². The van der Waals surface area contributed by atoms with Crippen LogP contribution in [0.4, 0.5) is 22.0 Å². The molecule has 0 N–H and O–H groups in total. The largest absolute Gasteiger partial charge is 0.487 e. The molecule has 1 aromatic heterocycles. The van der Waals surface area contributed by atoms with Crippen LogP contribution < -0.4 is 14.2 Å². The smallest absolute Gasteiger partial charge is 0.345 e. The van der Waals surface area contributed by atoms with E-state index in [1.165, 1.54) is 24.5 Å². The zero-order valence-corrected chi connectivity index (χ0v) is 21.8. The van der Waals surface area contributed by atoms with Gasteiger partial charge in [0.05, 0.1) is 29.7 Å². The van der Waals surface area contributed by atoms with Gasteiger partial charge in [0.1, 0.15) is 27.6 Å². The topological polar surface area (TPSA) is 71.9 Å². The van der Waals surface area contributed by atoms with Crippen LogP contribution in [0.15, 0.2) is 36.7 Å². The molecule has 0 atom stereocenters. The van der Waals surface area contributed by atoms with Crippen LogP contribution in [0, 0.1) is 17.3 Å². The minimum Gasteiger partial charge on any atom is -0.487 e. The van der Waals surface area contributed by atoms with Crippen LogP contribution in [0.2, 0.25) is 19.6 Å². The standard InChI is InChI=1S/C25H25F5N2O5Si/c1-38(2,3)12-7-16-5-4-6-19(22(16)26)37-23-17-13-20(33-8-10-35-24(27)28)21(14-18(17)31-15-32-23)34-9-11-36-25(29)30/h4-6,13-15,24-25H,8-11H2,1-3H3. The number of hydrogen-bond acceptors (Lipinski definition) is 7. The molecular weight excluding hydrogens is 531 g/mol. The lowest BCUT2D eigenvalue weighted by molar-refractivity contribution is -0.134. The first-order valence-electron chi connectivity index (χ1n) is 11.4. The van der Waals surface area contributed by atoms with Gasteiger partial charge in [0, 0.05) is 6.07 Å². The van der Waals surface area contributed by atoms with Crippen molar-refractivity contribution in [2.75, 3.05) is 26.4 Å². The molecule has 0 bridgehead atoms. The molecule has 0 aliphatic heterocycles. The minimum absolute atomic E-state index is 0.0227. The van der Waals surface area contributed by atoms with Crippen LogP contribution in [0.1, 0.15) is 5.56 Å². The number of aromatic nitrogens is 2. The second-order valence-corrected chi connectivity index (χ2v) is 13.4. The summed E-state index contributed by atoms with van der Waals surface area (Å²) in [6, 6.07) is 7.39. The Labute approximate surface area is 216 Å². The van der Waals surface area contributed by atoms with Crippen molar-refractivity contribution in [2.45, 2.75) is 32.9 Å². The number of benzene rings is 2. The number of rotatable bonds is 12. The fourth-order valence-electron chi connectivity index (χ4n) is 2.97. The second kappa shape index (κ2) is 13.4. The van der Waals surface area contributed by atoms with Crippen LogP contribution in [-0.4, -0.2) is 57.7 Å². The summed E-state index contributed by atoms with van der Waals surface area (Å²) in [6.45, 7) is -1.23. The van der Waals surface area contributed by atoms with Crippen molar-refractivity contribution < 1.29 is 45.6 Å². The zero-order chi connectivity index (χ0) is 27.7. The normalized spacial score (nSPS) is 11.5. The fraction of sp³-hybridized carbons (Fsp3) is 0.360. The highest BCUT2D eigenvalue weighted by molar-refractivity contribution is 6.83. The molecule has 0 spiro atoms. The van der Waals surface area contributed by atoms with Crippen LogP contribution in [0.5, 0.6) is 23.1 Å². The van der Waals surface area contributed by atoms with Crippen molar-refractivity contribution >= 4 is 19.0 Å². The maximum Gasteiger partial charge on any atom is 0.345 e. The Bertz CT molecular complexity index is 1290. The SMILES string of the molecule is C[Si](C)(C)C#Cc1cccc(Oc2ncnc3cc(OCCOC(F)F)c(OCCOC(F)F)cc23)c1F. The molecule has 0 unspecified atom stereocenters. The number of fused-ring (bicyclic) bond motifs is 1. The second-order valence-electron chi connectivity index (χ2n) is 8.67. The molecule has 0 saturated carbocycles. The molecule has 0 amide bonds. The third-order valence-corrected chi connectivity index (χ3v) is 5.45. The first kappa shape index (κ1) is 29.1. The summed E-state index contributed by atoms with van der Waals surface area (Å²) in [5.41, 5.74) is 3.57. The summed E-state index contributed by atoms with van der Waals surface area (Å²) in [7, 11) is -1.75. The molecule has 7 nitrogen and oxygen atoms in total. The summed E-state index contributed by atoms with van der Waals surface area (Å²) in [5.74, 6) is 2.18. The van der Waals surface area contributed by atoms with E-state index in [9.17, 15) is 17.6 Å². The van der Waals surface area contributed by atoms with Crippen LogP contribution in [0.3, 0.4) is 0 Å². The van der Waals surface area contributed by atoms with E-state index in [1.807, 2.05) is 19.6 Å². The van der Waals surface area contributed by atoms with E-state index in [2.05, 4.69) is 30.9 Å². The number of halogens is 5. The Morgan fingerprint density at radius 2 is 1.47 bits per heavy atom. The van der Waals surface area contributed by atoms with Crippen molar-refractivity contribution in [2.24, 2.45) is 0 Å². The van der Waals surface area contributed by atoms with Crippen LogP contribution >= 0.6 is 0 Å². The van der Waals surface area contributed by atoms with Crippen molar-refractivity contribution in [3.05, 3.63) is 48.0 Å². The highest BCUT2D eigenvalue weighted by Gasteiger charge is 2.17. The Balaban J connectivity index is 1.92. The monoisotopic (exact) mass is 556 g/mol. The number of ether oxygens (including phenoxy) is 5. The lowest BCUT2D eigenvalue weighted by atomic mass is 10.2. The van der Waals surface area contributed by atoms with Gasteiger partial charge in [-0.05, 0) is 18.2 Å². The third-order valence-electron chi connectivity index (χ3n) is 4.58. The maximum absolute atomic E-state index is 15.1. The van der Waals surface area contributed by atoms with Crippen molar-refractivity contribution in [1.82, 2.24) is 9.97 Å². The van der Waals surface area contributed by atoms with E-state index in [0.717, 1.165) is 0 Å². The summed E-state index contributed by atoms with van der Waals surface area (Å²) >= 11 is 0. The molecule has 0 saturated heterocycles. The molecule has 0 fully saturated rings. The average molecular weight is 557 g/mol. The predicted octanol–water partition coefficient (Wildman–Crippen LogP) is 6.03. The van der Waals surface area contributed by atoms with Gasteiger partial charge in [-0.15, -0.1) is 5.54 Å². The summed E-state index contributed by atoms with van der Waals surface area (Å²) in [4.78, 5) is 8.24. The average Bonchev–Trinajstić information content (AvgIpc) is 2.84. The predicted molar refractivity (Wildman–Crippen MR) is 131 cm³/mol. The molecule has 1 heterocycles. The van der Waals surface area contributed by atoms with Gasteiger partial charge in [-0.2, -0.15) is 17.6 Å². The van der Waals surface area contributed by atoms with Gasteiger partial charge >= 0.3 is 13.2 Å². The first-order chi connectivity index (χ1) is 18.0. The van der Waals surface area contributed by atoms with Gasteiger partial charge in [0.25, 0.3) is 0 Å². The summed E-state index contributed by atoms with van der Waals surface area (Å²) in [5, 5.41) is 0.284. The van der Waals surface area contributed by atoms with Crippen molar-refractivity contribution in [1.29, 1.82) is 0 Å². The van der Waals surface area contributed by atoms with E-state index in [1.54, 1.807) is 12.1 Å². The minimum atomic E-state index is -2.98. The fourth-order valence-corrected chi connectivity index (χ4v) is 3.48. The molecular formula is C25H25F5N2O5Si. The molecule has 2 aromatic carbocycles. The number of alkyl halides is 4. The molecule has 38 heavy (non-hydrogen) atoms. The zero-order valence-electron chi connectivity index (χ0n) is 20.8. The van der Waals surface area contributed by atoms with Gasteiger partial charge in [0.2, 0.25) is 5.88 Å². The number of hydrogen-bond donors (Lipinski definition) is 0. The Kier molecular flexibility index (Phi) is 10.2. The van der Waals surface area contributed by atoms with E-state index >= 15 is 4.39 Å². The number of nitrogens with zero attached hydrogens (tertiary/aromatic N) is 2. The van der Waals surface area contributed by atoms with E-state index in [-0.39, 0.29) is 47.3 Å². The van der Waals surface area contributed by atoms with Gasteiger partial charge < -0.3 is 23.7 Å². The van der Waals surface area contributed by atoms with E-state index < -0.39 is 40.3 Å². The molecule has 0 radical (unpaired) electrons. The molecule has 3 aromatic rings. The first-order valence-corrected chi connectivity index (χ1v) is 14.9. The lowest BCUT2D eigenvalue weighted by Gasteiger charge is -2.15. The quantitative estimate of drug-likeness (QED) is 0.117. The van der Waals surface area contributed by atoms with Crippen molar-refractivity contribution in [3.63, 3.8) is 0 Å². The van der Waals surface area contributed by atoms with Crippen LogP contribution in [0.25, 0.3) is 10.9 Å². The molecule has 204 valence electrons. The van der Waals surface area contributed by atoms with Gasteiger partial charge in [0.15, 0.2) is 23.1 Å². The molecule has 0 aliphatic rings. The van der Waals surface area contributed by atoms with Gasteiger partial charge in [-0.25, -0.2) is 14.4 Å². The Hall–Kier alpha value is -3.47. The third kappa shape index (κ3) is 8.82. The highest BCUT2D eigenvalue weighted by atomic mass is 28.3. The highest BCUT2D eigenvalue weighted by Crippen LogP contribution is 2.37. The van der Waals surface area contributed by atoms with Crippen molar-refractivity contribution in [3.8, 4) is 34.6 Å². The van der Waals surface area contributed by atoms with E-state index in [0.29, 0.717) is 5.52 Å². The Morgan fingerprint density at radius 1 is 0.842 bits per heavy atom. The Morgan fingerprint density at radius 3 is 2.08 bits per heavy atom. The lowest BCUT2D eigenvalue weighted by Crippen LogP contribution is -2.16. The van der Waals surface area contributed by atoms with Gasteiger partial charge in [-0.3, -0.25) is 0 Å². The van der Waals surface area contributed by atoms with E-state index in [4.69, 9.17) is 14.2 Å². The summed E-state index contributed by atoms with van der Waals surface area (Å²) < 4.78 is 89.3. The molecule has 3 rings (SSSR count). The molecule has 13 heteroatoms. The maximum atomic E-state index is 15.1. The summed E-state index contributed by atoms with van der Waals surface area (Å²) in [6.07, 6.45) is 1.19. The van der Waals surface area contributed by atoms with Gasteiger partial charge in [-0.1, -0.05) is 31.6 Å². The molecule has 0 aliphatic carbocycles.